The van der Waals surface area contributed by atoms with Gasteiger partial charge in [-0.25, -0.2) is 4.79 Å². The number of nitrogens with zero attached hydrogens (tertiary/aromatic N) is 1. The van der Waals surface area contributed by atoms with E-state index in [9.17, 15) is 9.90 Å². The number of nitrogens with one attached hydrogen (secondary N) is 1. The molecule has 0 aliphatic heterocycles. The van der Waals surface area contributed by atoms with Crippen LogP contribution in [0.4, 0.5) is 4.79 Å². The highest BCUT2D eigenvalue weighted by atomic mass is 35.5. The number of thiol groups is 1. The summed E-state index contributed by atoms with van der Waals surface area (Å²) in [6, 6.07) is 7.27. The van der Waals surface area contributed by atoms with E-state index in [1.54, 1.807) is 0 Å². The van der Waals surface area contributed by atoms with Gasteiger partial charge in [0.15, 0.2) is 0 Å². The van der Waals surface area contributed by atoms with E-state index in [-0.39, 0.29) is 18.6 Å². The van der Waals surface area contributed by atoms with Crippen molar-refractivity contribution in [2.24, 2.45) is 5.92 Å². The van der Waals surface area contributed by atoms with Crippen molar-refractivity contribution in [1.82, 2.24) is 9.62 Å². The molecule has 1 aliphatic carbocycles. The number of rotatable bonds is 4. The van der Waals surface area contributed by atoms with E-state index in [0.717, 1.165) is 12.0 Å². The Morgan fingerprint density at radius 1 is 1.50 bits per heavy atom. The molecule has 1 aromatic rings. The number of amides is 2. The minimum absolute atomic E-state index is 0.0938. The summed E-state index contributed by atoms with van der Waals surface area (Å²) in [5.74, 6) is 0.183. The van der Waals surface area contributed by atoms with Gasteiger partial charge < -0.3 is 10.4 Å². The highest BCUT2D eigenvalue weighted by Gasteiger charge is 2.57. The molecular weight excluding hydrogens is 320 g/mol. The first kappa shape index (κ1) is 17.4. The maximum atomic E-state index is 12.5. The van der Waals surface area contributed by atoms with Crippen molar-refractivity contribution in [1.29, 1.82) is 0 Å². The largest absolute Gasteiger partial charge is 0.396 e. The highest BCUT2D eigenvalue weighted by Crippen LogP contribution is 2.55. The van der Waals surface area contributed by atoms with Crippen molar-refractivity contribution in [3.63, 3.8) is 0 Å². The topological polar surface area (TPSA) is 52.6 Å². The standard InChI is InChI=1S/C16H23ClN2O2S/c1-15(2,3)19(22)14(21)18-16(10-11(16)8-9-20)12-6-4-5-7-13(12)17/h4-7,11,20,22H,8-10H2,1-3H3,(H,18,21)/t11-,16+/m0/s1. The van der Waals surface area contributed by atoms with E-state index in [0.29, 0.717) is 11.4 Å². The molecule has 0 heterocycles. The second-order valence-corrected chi connectivity index (χ2v) is 7.58. The summed E-state index contributed by atoms with van der Waals surface area (Å²) in [5, 5.41) is 12.9. The molecule has 0 saturated heterocycles. The normalized spacial score (nSPS) is 24.0. The molecule has 1 saturated carbocycles. The Balaban J connectivity index is 2.26. The Morgan fingerprint density at radius 2 is 2.14 bits per heavy atom. The zero-order valence-corrected chi connectivity index (χ0v) is 14.8. The molecule has 6 heteroatoms. The molecule has 2 amide bonds. The quantitative estimate of drug-likeness (QED) is 0.732. The summed E-state index contributed by atoms with van der Waals surface area (Å²) >= 11 is 10.6. The fourth-order valence-corrected chi connectivity index (χ4v) is 3.11. The number of halogens is 1. The summed E-state index contributed by atoms with van der Waals surface area (Å²) in [5.41, 5.74) is -0.000211. The third-order valence-electron chi connectivity index (χ3n) is 4.09. The summed E-state index contributed by atoms with van der Waals surface area (Å²) in [6.45, 7) is 5.84. The molecule has 0 bridgehead atoms. The Bertz CT molecular complexity index is 561. The summed E-state index contributed by atoms with van der Waals surface area (Å²) < 4.78 is 1.39. The zero-order valence-electron chi connectivity index (χ0n) is 13.1. The Morgan fingerprint density at radius 3 is 2.68 bits per heavy atom. The summed E-state index contributed by atoms with van der Waals surface area (Å²) in [7, 11) is 0. The van der Waals surface area contributed by atoms with Gasteiger partial charge >= 0.3 is 6.03 Å². The van der Waals surface area contributed by atoms with Gasteiger partial charge in [0.05, 0.1) is 5.54 Å². The van der Waals surface area contributed by atoms with Crippen LogP contribution in [-0.4, -0.2) is 27.6 Å². The second-order valence-electron chi connectivity index (χ2n) is 6.78. The zero-order chi connectivity index (χ0) is 16.5. The number of benzene rings is 1. The van der Waals surface area contributed by atoms with Crippen molar-refractivity contribution < 1.29 is 9.90 Å². The molecule has 2 rings (SSSR count). The van der Waals surface area contributed by atoms with E-state index in [1.807, 2.05) is 45.0 Å². The second kappa shape index (κ2) is 6.30. The number of urea groups is 1. The smallest absolute Gasteiger partial charge is 0.328 e. The monoisotopic (exact) mass is 342 g/mol. The molecule has 2 atom stereocenters. The van der Waals surface area contributed by atoms with Gasteiger partial charge in [-0.3, -0.25) is 4.31 Å². The number of aliphatic hydroxyl groups excluding tert-OH is 1. The lowest BCUT2D eigenvalue weighted by Gasteiger charge is -2.33. The fourth-order valence-electron chi connectivity index (χ4n) is 2.76. The van der Waals surface area contributed by atoms with Crippen molar-refractivity contribution in [3.8, 4) is 0 Å². The lowest BCUT2D eigenvalue weighted by molar-refractivity contribution is 0.195. The van der Waals surface area contributed by atoms with Crippen LogP contribution in [0, 0.1) is 5.92 Å². The van der Waals surface area contributed by atoms with Crippen LogP contribution >= 0.6 is 24.4 Å². The van der Waals surface area contributed by atoms with Crippen LogP contribution in [-0.2, 0) is 5.54 Å². The minimum Gasteiger partial charge on any atom is -0.396 e. The number of hydrogen-bond donors (Lipinski definition) is 3. The van der Waals surface area contributed by atoms with Crippen LogP contribution in [0.5, 0.6) is 0 Å². The molecule has 4 nitrogen and oxygen atoms in total. The molecule has 0 radical (unpaired) electrons. The SMILES string of the molecule is CC(C)(C)N(S)C(=O)N[C@]1(c2ccccc2Cl)C[C@@H]1CCO. The van der Waals surface area contributed by atoms with Gasteiger partial charge in [-0.2, -0.15) is 0 Å². The van der Waals surface area contributed by atoms with Crippen LogP contribution in [0.3, 0.4) is 0 Å². The van der Waals surface area contributed by atoms with E-state index < -0.39 is 11.1 Å². The Labute approximate surface area is 142 Å². The molecule has 2 N–H and O–H groups in total. The molecule has 22 heavy (non-hydrogen) atoms. The predicted octanol–water partition coefficient (Wildman–Crippen LogP) is 3.59. The number of aliphatic hydroxyl groups is 1. The third kappa shape index (κ3) is 3.36. The average Bonchev–Trinajstić information content (AvgIpc) is 3.11. The van der Waals surface area contributed by atoms with E-state index >= 15 is 0 Å². The number of hydrogen-bond acceptors (Lipinski definition) is 3. The molecular formula is C16H23ClN2O2S. The van der Waals surface area contributed by atoms with Gasteiger partial charge in [0.2, 0.25) is 0 Å². The lowest BCUT2D eigenvalue weighted by atomic mass is 10.0. The first-order chi connectivity index (χ1) is 10.2. The van der Waals surface area contributed by atoms with Gasteiger partial charge in [0.1, 0.15) is 0 Å². The molecule has 1 aromatic carbocycles. The maximum Gasteiger partial charge on any atom is 0.328 e. The van der Waals surface area contributed by atoms with Gasteiger partial charge in [-0.15, -0.1) is 0 Å². The van der Waals surface area contributed by atoms with Crippen LogP contribution in [0.15, 0.2) is 24.3 Å². The average molecular weight is 343 g/mol. The Kier molecular flexibility index (Phi) is 5.00. The maximum absolute atomic E-state index is 12.5. The van der Waals surface area contributed by atoms with Crippen LogP contribution in [0.25, 0.3) is 0 Å². The Hall–Kier alpha value is -0.910. The van der Waals surface area contributed by atoms with Crippen LogP contribution < -0.4 is 5.32 Å². The summed E-state index contributed by atoms with van der Waals surface area (Å²) in [4.78, 5) is 12.5. The highest BCUT2D eigenvalue weighted by molar-refractivity contribution is 7.78. The first-order valence-electron chi connectivity index (χ1n) is 7.39. The van der Waals surface area contributed by atoms with Crippen molar-refractivity contribution >= 4 is 30.4 Å². The van der Waals surface area contributed by atoms with Gasteiger partial charge in [0, 0.05) is 17.2 Å². The molecule has 1 fully saturated rings. The van der Waals surface area contributed by atoms with Crippen LogP contribution in [0.1, 0.15) is 39.2 Å². The lowest BCUT2D eigenvalue weighted by Crippen LogP contribution is -2.48. The van der Waals surface area contributed by atoms with Crippen molar-refractivity contribution in [2.45, 2.75) is 44.7 Å². The molecule has 122 valence electrons. The fraction of sp³-hybridized carbons (Fsp3) is 0.562. The molecule has 0 spiro atoms. The molecule has 0 unspecified atom stereocenters. The third-order valence-corrected chi connectivity index (χ3v) is 5.21. The molecule has 1 aliphatic rings. The van der Waals surface area contributed by atoms with Gasteiger partial charge in [0.25, 0.3) is 0 Å². The van der Waals surface area contributed by atoms with Crippen LogP contribution in [0.2, 0.25) is 5.02 Å². The summed E-state index contributed by atoms with van der Waals surface area (Å²) in [6.07, 6.45) is 1.41. The first-order valence-corrected chi connectivity index (χ1v) is 8.17. The predicted molar refractivity (Wildman–Crippen MR) is 92.0 cm³/mol. The minimum atomic E-state index is -0.510. The van der Waals surface area contributed by atoms with Gasteiger partial charge in [-0.1, -0.05) is 42.6 Å². The van der Waals surface area contributed by atoms with Gasteiger partial charge in [-0.05, 0) is 51.2 Å². The molecule has 0 aromatic heterocycles. The van der Waals surface area contributed by atoms with Crippen molar-refractivity contribution in [3.05, 3.63) is 34.9 Å². The number of carbonyl (C=O) groups is 1. The number of carbonyl (C=O) groups excluding carboxylic acids is 1. The van der Waals surface area contributed by atoms with E-state index in [4.69, 9.17) is 11.6 Å². The van der Waals surface area contributed by atoms with E-state index in [1.165, 1.54) is 4.31 Å². The van der Waals surface area contributed by atoms with E-state index in [2.05, 4.69) is 18.1 Å². The van der Waals surface area contributed by atoms with Crippen molar-refractivity contribution in [2.75, 3.05) is 6.61 Å².